The Labute approximate surface area is 129 Å². The van der Waals surface area contributed by atoms with Crippen LogP contribution in [0.3, 0.4) is 0 Å². The van der Waals surface area contributed by atoms with Crippen molar-refractivity contribution in [2.24, 2.45) is 0 Å². The summed E-state index contributed by atoms with van der Waals surface area (Å²) >= 11 is 0. The van der Waals surface area contributed by atoms with Gasteiger partial charge >= 0.3 is 0 Å². The monoisotopic (exact) mass is 294 g/mol. The van der Waals surface area contributed by atoms with Crippen LogP contribution in [-0.4, -0.2) is 11.1 Å². The van der Waals surface area contributed by atoms with Gasteiger partial charge in [-0.15, -0.1) is 0 Å². The summed E-state index contributed by atoms with van der Waals surface area (Å²) in [5.74, 6) is -0.0888. The molecule has 112 valence electrons. The Morgan fingerprint density at radius 3 is 2.41 bits per heavy atom. The minimum absolute atomic E-state index is 0.0888. The van der Waals surface area contributed by atoms with E-state index < -0.39 is 0 Å². The van der Waals surface area contributed by atoms with Crippen molar-refractivity contribution in [2.45, 2.75) is 27.2 Å². The first kappa shape index (κ1) is 14.3. The minimum atomic E-state index is -0.0888. The lowest BCUT2D eigenvalue weighted by Crippen LogP contribution is -2.16. The molecule has 0 aliphatic rings. The largest absolute Gasteiger partial charge is 0.356 e. The summed E-state index contributed by atoms with van der Waals surface area (Å²) in [7, 11) is 0. The highest BCUT2D eigenvalue weighted by molar-refractivity contribution is 5.96. The number of rotatable bonds is 3. The first-order valence-electron chi connectivity index (χ1n) is 7.26. The van der Waals surface area contributed by atoms with Crippen molar-refractivity contribution < 1.29 is 9.32 Å². The van der Waals surface area contributed by atoms with Crippen molar-refractivity contribution in [2.75, 3.05) is 5.32 Å². The number of carbonyl (C=O) groups is 1. The molecule has 1 heterocycles. The average Bonchev–Trinajstić information content (AvgIpc) is 2.88. The van der Waals surface area contributed by atoms with Gasteiger partial charge in [0, 0.05) is 11.1 Å². The lowest BCUT2D eigenvalue weighted by molar-refractivity contribution is -0.115. The Kier molecular flexibility index (Phi) is 3.67. The second-order valence-electron chi connectivity index (χ2n) is 5.57. The number of nitrogens with zero attached hydrogens (tertiary/aromatic N) is 1. The van der Waals surface area contributed by atoms with E-state index in [4.69, 9.17) is 4.52 Å². The summed E-state index contributed by atoms with van der Waals surface area (Å²) in [6.07, 6.45) is 0.199. The second-order valence-corrected chi connectivity index (χ2v) is 5.57. The van der Waals surface area contributed by atoms with Crippen molar-refractivity contribution in [1.29, 1.82) is 0 Å². The number of carbonyl (C=O) groups excluding carboxylic acids is 1. The van der Waals surface area contributed by atoms with Crippen LogP contribution in [0.5, 0.6) is 0 Å². The van der Waals surface area contributed by atoms with Gasteiger partial charge in [0.15, 0.2) is 5.58 Å². The summed E-state index contributed by atoms with van der Waals surface area (Å²) in [5.41, 5.74) is 5.41. The zero-order valence-corrected chi connectivity index (χ0v) is 12.9. The Morgan fingerprint density at radius 1 is 1.05 bits per heavy atom. The van der Waals surface area contributed by atoms with Crippen LogP contribution in [0.25, 0.3) is 11.0 Å². The normalized spacial score (nSPS) is 10.9. The quantitative estimate of drug-likeness (QED) is 0.796. The fourth-order valence-electron chi connectivity index (χ4n) is 2.63. The predicted molar refractivity (Wildman–Crippen MR) is 87.0 cm³/mol. The molecule has 4 nitrogen and oxygen atoms in total. The van der Waals surface area contributed by atoms with Gasteiger partial charge < -0.3 is 9.84 Å². The fraction of sp³-hybridized carbons (Fsp3) is 0.222. The number of fused-ring (bicyclic) bond motifs is 1. The van der Waals surface area contributed by atoms with E-state index >= 15 is 0 Å². The van der Waals surface area contributed by atoms with Gasteiger partial charge in [0.2, 0.25) is 5.91 Å². The van der Waals surface area contributed by atoms with Gasteiger partial charge in [0.1, 0.15) is 5.69 Å². The molecular formula is C18H18N2O2. The number of para-hydroxylation sites is 2. The highest BCUT2D eigenvalue weighted by atomic mass is 16.5. The van der Waals surface area contributed by atoms with Crippen LogP contribution in [0, 0.1) is 20.8 Å². The highest BCUT2D eigenvalue weighted by Crippen LogP contribution is 2.23. The zero-order chi connectivity index (χ0) is 15.7. The third-order valence-electron chi connectivity index (χ3n) is 3.84. The van der Waals surface area contributed by atoms with Gasteiger partial charge in [-0.1, -0.05) is 35.5 Å². The number of aromatic nitrogens is 1. The topological polar surface area (TPSA) is 55.1 Å². The molecule has 0 fully saturated rings. The van der Waals surface area contributed by atoms with Crippen LogP contribution in [0.1, 0.15) is 22.4 Å². The Bertz CT molecular complexity index is 829. The molecule has 3 rings (SSSR count). The molecular weight excluding hydrogens is 276 g/mol. The van der Waals surface area contributed by atoms with Crippen LogP contribution in [0.4, 0.5) is 5.69 Å². The van der Waals surface area contributed by atoms with Crippen LogP contribution in [0.15, 0.2) is 40.9 Å². The number of amides is 1. The maximum Gasteiger partial charge on any atom is 0.230 e. The number of benzene rings is 2. The van der Waals surface area contributed by atoms with Crippen molar-refractivity contribution in [1.82, 2.24) is 5.16 Å². The van der Waals surface area contributed by atoms with Crippen molar-refractivity contribution in [3.63, 3.8) is 0 Å². The molecule has 1 amide bonds. The molecule has 0 saturated carbocycles. The summed E-state index contributed by atoms with van der Waals surface area (Å²) in [4.78, 5) is 12.3. The minimum Gasteiger partial charge on any atom is -0.356 e. The molecule has 0 aliphatic carbocycles. The Morgan fingerprint density at radius 2 is 1.68 bits per heavy atom. The van der Waals surface area contributed by atoms with E-state index in [0.717, 1.165) is 33.3 Å². The highest BCUT2D eigenvalue weighted by Gasteiger charge is 2.14. The summed E-state index contributed by atoms with van der Waals surface area (Å²) in [6, 6.07) is 11.8. The molecule has 0 saturated heterocycles. The third kappa shape index (κ3) is 2.60. The van der Waals surface area contributed by atoms with Crippen molar-refractivity contribution >= 4 is 22.6 Å². The zero-order valence-electron chi connectivity index (χ0n) is 12.9. The molecule has 1 N–H and O–H groups in total. The molecule has 0 radical (unpaired) electrons. The fourth-order valence-corrected chi connectivity index (χ4v) is 2.63. The maximum atomic E-state index is 12.3. The molecule has 1 aromatic heterocycles. The molecule has 4 heteroatoms. The summed E-state index contributed by atoms with van der Waals surface area (Å²) in [5, 5.41) is 7.92. The molecule has 2 aromatic carbocycles. The van der Waals surface area contributed by atoms with Gasteiger partial charge in [-0.25, -0.2) is 0 Å². The van der Waals surface area contributed by atoms with E-state index in [1.165, 1.54) is 0 Å². The van der Waals surface area contributed by atoms with E-state index in [-0.39, 0.29) is 12.3 Å². The van der Waals surface area contributed by atoms with Crippen molar-refractivity contribution in [3.05, 3.63) is 58.8 Å². The van der Waals surface area contributed by atoms with E-state index in [2.05, 4.69) is 10.5 Å². The third-order valence-corrected chi connectivity index (χ3v) is 3.84. The first-order valence-corrected chi connectivity index (χ1v) is 7.26. The molecule has 3 aromatic rings. The summed E-state index contributed by atoms with van der Waals surface area (Å²) < 4.78 is 5.35. The van der Waals surface area contributed by atoms with Gasteiger partial charge in [-0.2, -0.15) is 0 Å². The summed E-state index contributed by atoms with van der Waals surface area (Å²) in [6.45, 7) is 5.93. The smallest absolute Gasteiger partial charge is 0.230 e. The maximum absolute atomic E-state index is 12.3. The molecule has 0 bridgehead atoms. The lowest BCUT2D eigenvalue weighted by atomic mass is 10.1. The molecule has 0 aliphatic heterocycles. The van der Waals surface area contributed by atoms with Gasteiger partial charge in [0.25, 0.3) is 0 Å². The van der Waals surface area contributed by atoms with Crippen LogP contribution < -0.4 is 5.32 Å². The number of hydrogen-bond acceptors (Lipinski definition) is 3. The number of nitrogens with one attached hydrogen (secondary N) is 1. The molecule has 22 heavy (non-hydrogen) atoms. The number of hydrogen-bond donors (Lipinski definition) is 1. The molecule has 0 unspecified atom stereocenters. The average molecular weight is 294 g/mol. The molecule has 0 spiro atoms. The number of anilines is 1. The van der Waals surface area contributed by atoms with Crippen LogP contribution >= 0.6 is 0 Å². The lowest BCUT2D eigenvalue weighted by Gasteiger charge is -2.10. The standard InChI is InChI=1S/C18H18N2O2/c1-11-6-4-7-12(2)17(11)19-16(21)10-15-14-9-5-8-13(3)18(14)22-20-15/h4-9H,10H2,1-3H3,(H,19,21). The van der Waals surface area contributed by atoms with E-state index in [1.807, 2.05) is 57.2 Å². The van der Waals surface area contributed by atoms with Gasteiger partial charge in [-0.3, -0.25) is 4.79 Å². The Hall–Kier alpha value is -2.62. The van der Waals surface area contributed by atoms with Crippen LogP contribution in [0.2, 0.25) is 0 Å². The SMILES string of the molecule is Cc1cccc(C)c1NC(=O)Cc1noc2c(C)cccc12. The second kappa shape index (κ2) is 5.64. The first-order chi connectivity index (χ1) is 10.6. The van der Waals surface area contributed by atoms with E-state index in [1.54, 1.807) is 0 Å². The van der Waals surface area contributed by atoms with Gasteiger partial charge in [0.05, 0.1) is 6.42 Å². The van der Waals surface area contributed by atoms with Crippen molar-refractivity contribution in [3.8, 4) is 0 Å². The van der Waals surface area contributed by atoms with Gasteiger partial charge in [-0.05, 0) is 43.5 Å². The van der Waals surface area contributed by atoms with E-state index in [9.17, 15) is 4.79 Å². The number of aryl methyl sites for hydroxylation is 3. The molecule has 0 atom stereocenters. The Balaban J connectivity index is 1.83. The van der Waals surface area contributed by atoms with E-state index in [0.29, 0.717) is 5.69 Å². The van der Waals surface area contributed by atoms with Crippen LogP contribution in [-0.2, 0) is 11.2 Å². The predicted octanol–water partition coefficient (Wildman–Crippen LogP) is 3.93.